The third kappa shape index (κ3) is 1.77. The zero-order chi connectivity index (χ0) is 11.7. The van der Waals surface area contributed by atoms with E-state index >= 15 is 0 Å². The summed E-state index contributed by atoms with van der Waals surface area (Å²) >= 11 is 0. The molecule has 0 bridgehead atoms. The van der Waals surface area contributed by atoms with Gasteiger partial charge in [0.15, 0.2) is 5.82 Å². The Morgan fingerprint density at radius 3 is 2.69 bits per heavy atom. The van der Waals surface area contributed by atoms with Gasteiger partial charge in [-0.05, 0) is 12.1 Å². The predicted octanol–water partition coefficient (Wildman–Crippen LogP) is 1.85. The van der Waals surface area contributed by atoms with E-state index < -0.39 is 17.6 Å². The summed E-state index contributed by atoms with van der Waals surface area (Å²) in [6.45, 7) is 0. The van der Waals surface area contributed by atoms with Crippen LogP contribution in [-0.2, 0) is 0 Å². The Morgan fingerprint density at radius 1 is 1.38 bits per heavy atom. The minimum Gasteiger partial charge on any atom is -0.478 e. The molecule has 6 heteroatoms. The van der Waals surface area contributed by atoms with Gasteiger partial charge in [-0.15, -0.1) is 0 Å². The Balaban J connectivity index is 2.46. The fraction of sp³-hybridized carbons (Fsp3) is 0. The van der Waals surface area contributed by atoms with E-state index in [2.05, 4.69) is 5.10 Å². The van der Waals surface area contributed by atoms with Gasteiger partial charge < -0.3 is 5.11 Å². The van der Waals surface area contributed by atoms with E-state index in [0.29, 0.717) is 6.07 Å². The first-order chi connectivity index (χ1) is 7.58. The van der Waals surface area contributed by atoms with Crippen molar-refractivity contribution in [3.8, 4) is 5.69 Å². The van der Waals surface area contributed by atoms with Gasteiger partial charge >= 0.3 is 5.97 Å². The van der Waals surface area contributed by atoms with Gasteiger partial charge in [0.25, 0.3) is 0 Å². The molecule has 4 nitrogen and oxygen atoms in total. The molecule has 0 amide bonds. The van der Waals surface area contributed by atoms with Gasteiger partial charge in [-0.1, -0.05) is 0 Å². The molecule has 0 aliphatic carbocycles. The van der Waals surface area contributed by atoms with Gasteiger partial charge in [0.05, 0.1) is 11.8 Å². The minimum absolute atomic E-state index is 0.00565. The van der Waals surface area contributed by atoms with Crippen LogP contribution in [-0.4, -0.2) is 20.9 Å². The van der Waals surface area contributed by atoms with Crippen LogP contribution in [0, 0.1) is 11.6 Å². The molecule has 1 heterocycles. The van der Waals surface area contributed by atoms with Crippen LogP contribution in [0.2, 0.25) is 0 Å². The Labute approximate surface area is 88.7 Å². The summed E-state index contributed by atoms with van der Waals surface area (Å²) in [5, 5.41) is 12.3. The molecule has 0 atom stereocenters. The van der Waals surface area contributed by atoms with Crippen molar-refractivity contribution in [2.24, 2.45) is 0 Å². The number of hydrogen-bond donors (Lipinski definition) is 1. The molecule has 0 spiro atoms. The van der Waals surface area contributed by atoms with Crippen LogP contribution >= 0.6 is 0 Å². The van der Waals surface area contributed by atoms with Crippen LogP contribution < -0.4 is 0 Å². The maximum absolute atomic E-state index is 13.3. The Hall–Kier alpha value is -2.24. The van der Waals surface area contributed by atoms with Crippen LogP contribution in [0.5, 0.6) is 0 Å². The third-order valence-electron chi connectivity index (χ3n) is 1.99. The van der Waals surface area contributed by atoms with E-state index in [1.54, 1.807) is 0 Å². The fourth-order valence-corrected chi connectivity index (χ4v) is 1.23. The zero-order valence-electron chi connectivity index (χ0n) is 7.89. The summed E-state index contributed by atoms with van der Waals surface area (Å²) in [6.07, 6.45) is 2.24. The molecule has 0 aliphatic rings. The molecule has 0 saturated heterocycles. The SMILES string of the molecule is O=C(O)c1cnn(-c2ccc(F)cc2F)c1. The van der Waals surface area contributed by atoms with Crippen molar-refractivity contribution in [3.63, 3.8) is 0 Å². The summed E-state index contributed by atoms with van der Waals surface area (Å²) < 4.78 is 27.0. The van der Waals surface area contributed by atoms with Gasteiger partial charge in [0, 0.05) is 12.3 Å². The standard InChI is InChI=1S/C10H6F2N2O2/c11-7-1-2-9(8(12)3-7)14-5-6(4-13-14)10(15)16/h1-5H,(H,15,16). The maximum Gasteiger partial charge on any atom is 0.338 e. The summed E-state index contributed by atoms with van der Waals surface area (Å²) in [5.74, 6) is -2.67. The Bertz CT molecular complexity index is 552. The second kappa shape index (κ2) is 3.73. The number of carboxylic acids is 1. The van der Waals surface area contributed by atoms with Gasteiger partial charge in [-0.25, -0.2) is 18.3 Å². The van der Waals surface area contributed by atoms with E-state index in [-0.39, 0.29) is 11.3 Å². The van der Waals surface area contributed by atoms with Crippen molar-refractivity contribution in [1.29, 1.82) is 0 Å². The summed E-state index contributed by atoms with van der Waals surface area (Å²) in [6, 6.07) is 2.96. The number of rotatable bonds is 2. The smallest absolute Gasteiger partial charge is 0.338 e. The topological polar surface area (TPSA) is 55.1 Å². The van der Waals surface area contributed by atoms with Crippen molar-refractivity contribution in [2.75, 3.05) is 0 Å². The van der Waals surface area contributed by atoms with E-state index in [9.17, 15) is 13.6 Å². The highest BCUT2D eigenvalue weighted by molar-refractivity contribution is 5.86. The van der Waals surface area contributed by atoms with E-state index in [4.69, 9.17) is 5.11 Å². The molecule has 2 rings (SSSR count). The maximum atomic E-state index is 13.3. The monoisotopic (exact) mass is 224 g/mol. The number of nitrogens with zero attached hydrogens (tertiary/aromatic N) is 2. The fourth-order valence-electron chi connectivity index (χ4n) is 1.23. The molecule has 16 heavy (non-hydrogen) atoms. The molecule has 1 N–H and O–H groups in total. The number of carbonyl (C=O) groups is 1. The average molecular weight is 224 g/mol. The molecule has 1 aromatic heterocycles. The minimum atomic E-state index is -1.16. The van der Waals surface area contributed by atoms with E-state index in [1.807, 2.05) is 0 Å². The number of benzene rings is 1. The van der Waals surface area contributed by atoms with E-state index in [1.165, 1.54) is 6.07 Å². The third-order valence-corrected chi connectivity index (χ3v) is 1.99. The van der Waals surface area contributed by atoms with Crippen LogP contribution in [0.1, 0.15) is 10.4 Å². The Morgan fingerprint density at radius 2 is 2.12 bits per heavy atom. The number of carboxylic acid groups (broad SMARTS) is 1. The molecular formula is C10H6F2N2O2. The zero-order valence-corrected chi connectivity index (χ0v) is 7.89. The molecule has 0 fully saturated rings. The number of aromatic carboxylic acids is 1. The second-order valence-electron chi connectivity index (χ2n) is 3.07. The lowest BCUT2D eigenvalue weighted by molar-refractivity contribution is 0.0697. The molecule has 0 unspecified atom stereocenters. The van der Waals surface area contributed by atoms with Gasteiger partial charge in [-0.3, -0.25) is 0 Å². The lowest BCUT2D eigenvalue weighted by Gasteiger charge is -2.02. The first-order valence-electron chi connectivity index (χ1n) is 4.31. The van der Waals surface area contributed by atoms with E-state index in [0.717, 1.165) is 23.1 Å². The second-order valence-corrected chi connectivity index (χ2v) is 3.07. The van der Waals surface area contributed by atoms with Crippen molar-refractivity contribution >= 4 is 5.97 Å². The van der Waals surface area contributed by atoms with Crippen molar-refractivity contribution < 1.29 is 18.7 Å². The summed E-state index contributed by atoms with van der Waals surface area (Å²) in [7, 11) is 0. The molecule has 82 valence electrons. The molecule has 1 aromatic carbocycles. The van der Waals surface area contributed by atoms with Crippen LogP contribution in [0.25, 0.3) is 5.69 Å². The largest absolute Gasteiger partial charge is 0.478 e. The summed E-state index contributed by atoms with van der Waals surface area (Å²) in [4.78, 5) is 10.6. The first kappa shape index (κ1) is 10.3. The molecular weight excluding hydrogens is 218 g/mol. The number of aromatic nitrogens is 2. The quantitative estimate of drug-likeness (QED) is 0.846. The van der Waals surface area contributed by atoms with Crippen molar-refractivity contribution in [2.45, 2.75) is 0 Å². The predicted molar refractivity (Wildman–Crippen MR) is 50.4 cm³/mol. The first-order valence-corrected chi connectivity index (χ1v) is 4.31. The van der Waals surface area contributed by atoms with Crippen LogP contribution in [0.4, 0.5) is 8.78 Å². The van der Waals surface area contributed by atoms with Gasteiger partial charge in [0.1, 0.15) is 11.5 Å². The molecule has 2 aromatic rings. The summed E-state index contributed by atoms with van der Waals surface area (Å²) in [5.41, 5.74) is -0.0716. The van der Waals surface area contributed by atoms with Crippen molar-refractivity contribution in [1.82, 2.24) is 9.78 Å². The molecule has 0 radical (unpaired) electrons. The number of halogens is 2. The highest BCUT2D eigenvalue weighted by Gasteiger charge is 2.10. The number of hydrogen-bond acceptors (Lipinski definition) is 2. The molecule has 0 saturated carbocycles. The Kier molecular flexibility index (Phi) is 2.40. The van der Waals surface area contributed by atoms with Crippen LogP contribution in [0.15, 0.2) is 30.6 Å². The normalized spacial score (nSPS) is 10.4. The van der Waals surface area contributed by atoms with Gasteiger partial charge in [0.2, 0.25) is 0 Å². The van der Waals surface area contributed by atoms with Gasteiger partial charge in [-0.2, -0.15) is 5.10 Å². The van der Waals surface area contributed by atoms with Crippen molar-refractivity contribution in [3.05, 3.63) is 47.8 Å². The highest BCUT2D eigenvalue weighted by Crippen LogP contribution is 2.14. The average Bonchev–Trinajstić information content (AvgIpc) is 2.66. The molecule has 0 aliphatic heterocycles. The lowest BCUT2D eigenvalue weighted by Crippen LogP contribution is -1.99. The lowest BCUT2D eigenvalue weighted by atomic mass is 10.3. The highest BCUT2D eigenvalue weighted by atomic mass is 19.1. The van der Waals surface area contributed by atoms with Crippen LogP contribution in [0.3, 0.4) is 0 Å².